The molecule has 0 spiro atoms. The zero-order valence-electron chi connectivity index (χ0n) is 8.83. The van der Waals surface area contributed by atoms with Crippen molar-refractivity contribution in [2.45, 2.75) is 6.92 Å². The van der Waals surface area contributed by atoms with Crippen molar-refractivity contribution in [3.63, 3.8) is 0 Å². The Kier molecular flexibility index (Phi) is 5.91. The molecule has 0 radical (unpaired) electrons. The first-order chi connectivity index (χ1) is 7.24. The Morgan fingerprint density at radius 2 is 2.20 bits per heavy atom. The molecule has 0 aliphatic heterocycles. The summed E-state index contributed by atoms with van der Waals surface area (Å²) in [4.78, 5) is 0. The monoisotopic (exact) mass is 245 g/mol. The Bertz CT molecular complexity index is 307. The second kappa shape index (κ2) is 6.99. The van der Waals surface area contributed by atoms with E-state index in [2.05, 4.69) is 0 Å². The van der Waals surface area contributed by atoms with Crippen molar-refractivity contribution in [2.75, 3.05) is 24.7 Å². The smallest absolute Gasteiger partial charge is 0.138 e. The molecule has 0 bridgehead atoms. The third-order valence-electron chi connectivity index (χ3n) is 1.83. The Labute approximate surface area is 100 Å². The lowest BCUT2D eigenvalue weighted by molar-refractivity contribution is 0.344. The van der Waals surface area contributed by atoms with Gasteiger partial charge in [0.15, 0.2) is 0 Å². The third-order valence-corrected chi connectivity index (χ3v) is 3.13. The Morgan fingerprint density at radius 3 is 2.93 bits per heavy atom. The van der Waals surface area contributed by atoms with Crippen LogP contribution < -0.4 is 10.5 Å². The molecular formula is C11H16ClNOS. The maximum Gasteiger partial charge on any atom is 0.138 e. The lowest BCUT2D eigenvalue weighted by Crippen LogP contribution is -2.05. The van der Waals surface area contributed by atoms with Gasteiger partial charge >= 0.3 is 0 Å². The van der Waals surface area contributed by atoms with E-state index in [9.17, 15) is 0 Å². The van der Waals surface area contributed by atoms with Gasteiger partial charge in [0.2, 0.25) is 0 Å². The summed E-state index contributed by atoms with van der Waals surface area (Å²) in [6, 6.07) is 5.79. The molecule has 0 aliphatic rings. The SMILES string of the molecule is Cc1ccc(Cl)c(OCCSCCN)c1. The van der Waals surface area contributed by atoms with E-state index in [0.717, 1.165) is 29.4 Å². The number of thioether (sulfide) groups is 1. The van der Waals surface area contributed by atoms with E-state index in [0.29, 0.717) is 11.6 Å². The minimum Gasteiger partial charge on any atom is -0.491 e. The molecule has 15 heavy (non-hydrogen) atoms. The normalized spacial score (nSPS) is 10.3. The van der Waals surface area contributed by atoms with E-state index in [4.69, 9.17) is 22.1 Å². The van der Waals surface area contributed by atoms with E-state index in [-0.39, 0.29) is 0 Å². The summed E-state index contributed by atoms with van der Waals surface area (Å²) in [5, 5.41) is 0.671. The average Bonchev–Trinajstić information content (AvgIpc) is 2.23. The highest BCUT2D eigenvalue weighted by atomic mass is 35.5. The van der Waals surface area contributed by atoms with Crippen LogP contribution in [0.15, 0.2) is 18.2 Å². The maximum absolute atomic E-state index is 5.98. The van der Waals surface area contributed by atoms with Gasteiger partial charge < -0.3 is 10.5 Å². The number of benzene rings is 1. The Morgan fingerprint density at radius 1 is 1.40 bits per heavy atom. The van der Waals surface area contributed by atoms with Crippen molar-refractivity contribution in [2.24, 2.45) is 5.73 Å². The van der Waals surface area contributed by atoms with Gasteiger partial charge in [-0.25, -0.2) is 0 Å². The predicted molar refractivity (Wildman–Crippen MR) is 68.1 cm³/mol. The average molecular weight is 246 g/mol. The number of aryl methyl sites for hydroxylation is 1. The number of nitrogens with two attached hydrogens (primary N) is 1. The van der Waals surface area contributed by atoms with Gasteiger partial charge in [0.05, 0.1) is 11.6 Å². The van der Waals surface area contributed by atoms with E-state index < -0.39 is 0 Å². The van der Waals surface area contributed by atoms with Crippen LogP contribution in [0.2, 0.25) is 5.02 Å². The summed E-state index contributed by atoms with van der Waals surface area (Å²) >= 11 is 7.77. The van der Waals surface area contributed by atoms with Crippen molar-refractivity contribution in [3.05, 3.63) is 28.8 Å². The van der Waals surface area contributed by atoms with Crippen LogP contribution in [0.3, 0.4) is 0 Å². The number of rotatable bonds is 6. The van der Waals surface area contributed by atoms with Crippen molar-refractivity contribution in [1.82, 2.24) is 0 Å². The number of halogens is 1. The van der Waals surface area contributed by atoms with Crippen LogP contribution in [-0.2, 0) is 0 Å². The minimum atomic E-state index is 0.671. The molecule has 1 aromatic carbocycles. The fourth-order valence-corrected chi connectivity index (χ4v) is 1.86. The van der Waals surface area contributed by atoms with Gasteiger partial charge in [-0.1, -0.05) is 17.7 Å². The first kappa shape index (κ1) is 12.7. The van der Waals surface area contributed by atoms with Crippen LogP contribution in [0, 0.1) is 6.92 Å². The van der Waals surface area contributed by atoms with Crippen LogP contribution in [0.5, 0.6) is 5.75 Å². The molecule has 0 saturated heterocycles. The van der Waals surface area contributed by atoms with Gasteiger partial charge in [0.1, 0.15) is 5.75 Å². The second-order valence-corrected chi connectivity index (χ2v) is 4.82. The first-order valence-corrected chi connectivity index (χ1v) is 6.44. The maximum atomic E-state index is 5.98. The zero-order valence-corrected chi connectivity index (χ0v) is 10.4. The van der Waals surface area contributed by atoms with Gasteiger partial charge in [-0.15, -0.1) is 0 Å². The van der Waals surface area contributed by atoms with Gasteiger partial charge in [-0.3, -0.25) is 0 Å². The molecule has 1 rings (SSSR count). The quantitative estimate of drug-likeness (QED) is 0.783. The Hall–Kier alpha value is -0.380. The molecule has 0 atom stereocenters. The standard InChI is InChI=1S/C11H16ClNOS/c1-9-2-3-10(12)11(8-9)14-5-7-15-6-4-13/h2-3,8H,4-7,13H2,1H3. The van der Waals surface area contributed by atoms with Gasteiger partial charge in [0.25, 0.3) is 0 Å². The topological polar surface area (TPSA) is 35.2 Å². The van der Waals surface area contributed by atoms with Crippen molar-refractivity contribution in [1.29, 1.82) is 0 Å². The highest BCUT2D eigenvalue weighted by molar-refractivity contribution is 7.99. The summed E-state index contributed by atoms with van der Waals surface area (Å²) in [5.74, 6) is 2.69. The number of hydrogen-bond donors (Lipinski definition) is 1. The fraction of sp³-hybridized carbons (Fsp3) is 0.455. The second-order valence-electron chi connectivity index (χ2n) is 3.18. The summed E-state index contributed by atoms with van der Waals surface area (Å²) < 4.78 is 5.57. The highest BCUT2D eigenvalue weighted by Crippen LogP contribution is 2.25. The van der Waals surface area contributed by atoms with Crippen LogP contribution in [0.4, 0.5) is 0 Å². The lowest BCUT2D eigenvalue weighted by Gasteiger charge is -2.08. The molecule has 0 amide bonds. The molecule has 0 saturated carbocycles. The first-order valence-electron chi connectivity index (χ1n) is 4.91. The molecule has 0 fully saturated rings. The van der Waals surface area contributed by atoms with Crippen molar-refractivity contribution < 1.29 is 4.74 Å². The van der Waals surface area contributed by atoms with Crippen molar-refractivity contribution in [3.8, 4) is 5.75 Å². The predicted octanol–water partition coefficient (Wildman–Crippen LogP) is 2.72. The molecule has 2 nitrogen and oxygen atoms in total. The molecule has 0 aromatic heterocycles. The molecule has 2 N–H and O–H groups in total. The summed E-state index contributed by atoms with van der Waals surface area (Å²) in [6.07, 6.45) is 0. The molecule has 0 unspecified atom stereocenters. The molecule has 0 heterocycles. The third kappa shape index (κ3) is 4.78. The van der Waals surface area contributed by atoms with Crippen LogP contribution in [0.25, 0.3) is 0 Å². The zero-order chi connectivity index (χ0) is 11.1. The molecule has 0 aliphatic carbocycles. The van der Waals surface area contributed by atoms with Gasteiger partial charge in [-0.05, 0) is 24.6 Å². The fourth-order valence-electron chi connectivity index (χ4n) is 1.12. The van der Waals surface area contributed by atoms with Crippen LogP contribution in [0.1, 0.15) is 5.56 Å². The van der Waals surface area contributed by atoms with Gasteiger partial charge in [0, 0.05) is 18.1 Å². The largest absolute Gasteiger partial charge is 0.491 e. The molecule has 4 heteroatoms. The van der Waals surface area contributed by atoms with E-state index >= 15 is 0 Å². The summed E-state index contributed by atoms with van der Waals surface area (Å²) in [7, 11) is 0. The molecule has 1 aromatic rings. The van der Waals surface area contributed by atoms with E-state index in [1.165, 1.54) is 0 Å². The summed E-state index contributed by atoms with van der Waals surface area (Å²) in [5.41, 5.74) is 6.54. The van der Waals surface area contributed by atoms with E-state index in [1.54, 1.807) is 11.8 Å². The van der Waals surface area contributed by atoms with E-state index in [1.807, 2.05) is 25.1 Å². The van der Waals surface area contributed by atoms with Gasteiger partial charge in [-0.2, -0.15) is 11.8 Å². The molecular weight excluding hydrogens is 230 g/mol. The lowest BCUT2D eigenvalue weighted by atomic mass is 10.2. The van der Waals surface area contributed by atoms with Crippen LogP contribution >= 0.6 is 23.4 Å². The summed E-state index contributed by atoms with van der Waals surface area (Å²) in [6.45, 7) is 3.41. The molecule has 84 valence electrons. The van der Waals surface area contributed by atoms with Crippen molar-refractivity contribution >= 4 is 23.4 Å². The van der Waals surface area contributed by atoms with Crippen LogP contribution in [-0.4, -0.2) is 24.7 Å². The minimum absolute atomic E-state index is 0.671. The number of hydrogen-bond acceptors (Lipinski definition) is 3. The highest BCUT2D eigenvalue weighted by Gasteiger charge is 2.00. The number of ether oxygens (including phenoxy) is 1. The Balaban J connectivity index is 2.33.